The van der Waals surface area contributed by atoms with Crippen LogP contribution in [0.3, 0.4) is 0 Å². The van der Waals surface area contributed by atoms with Gasteiger partial charge in [0.2, 0.25) is 0 Å². The predicted octanol–water partition coefficient (Wildman–Crippen LogP) is 3.15. The Hall–Kier alpha value is -2.29. The van der Waals surface area contributed by atoms with Crippen LogP contribution in [0, 0.1) is 6.92 Å². The lowest BCUT2D eigenvalue weighted by Gasteiger charge is -2.08. The fourth-order valence-electron chi connectivity index (χ4n) is 1.84. The number of benzene rings is 2. The molecule has 0 saturated carbocycles. The first kappa shape index (κ1) is 12.2. The summed E-state index contributed by atoms with van der Waals surface area (Å²) >= 11 is 0. The van der Waals surface area contributed by atoms with Gasteiger partial charge in [-0.05, 0) is 41.8 Å². The van der Waals surface area contributed by atoms with Crippen molar-refractivity contribution < 1.29 is 14.6 Å². The van der Waals surface area contributed by atoms with E-state index in [1.54, 1.807) is 24.3 Å². The summed E-state index contributed by atoms with van der Waals surface area (Å²) < 4.78 is 4.65. The summed E-state index contributed by atoms with van der Waals surface area (Å²) in [5.74, 6) is -0.0845. The molecule has 0 radical (unpaired) electrons. The lowest BCUT2D eigenvalue weighted by Crippen LogP contribution is -2.00. The van der Waals surface area contributed by atoms with Crippen LogP contribution in [0.2, 0.25) is 0 Å². The third-order valence-electron chi connectivity index (χ3n) is 2.92. The molecule has 0 bridgehead atoms. The van der Waals surface area contributed by atoms with Crippen LogP contribution in [0.25, 0.3) is 11.1 Å². The second-order valence-electron chi connectivity index (χ2n) is 4.02. The van der Waals surface area contributed by atoms with E-state index in [2.05, 4.69) is 4.74 Å². The summed E-state index contributed by atoms with van der Waals surface area (Å²) in [7, 11) is 1.36. The molecule has 0 heterocycles. The molecule has 3 heteroatoms. The molecule has 1 N–H and O–H groups in total. The first-order valence-electron chi connectivity index (χ1n) is 5.61. The Balaban J connectivity index is 2.40. The molecule has 0 aliphatic carbocycles. The average molecular weight is 242 g/mol. The van der Waals surface area contributed by atoms with E-state index in [9.17, 15) is 9.90 Å². The van der Waals surface area contributed by atoms with Crippen molar-refractivity contribution in [3.63, 3.8) is 0 Å². The third kappa shape index (κ3) is 2.20. The van der Waals surface area contributed by atoms with Crippen LogP contribution in [0.15, 0.2) is 42.5 Å². The molecule has 0 spiro atoms. The molecule has 3 nitrogen and oxygen atoms in total. The van der Waals surface area contributed by atoms with Crippen molar-refractivity contribution in [3.8, 4) is 16.9 Å². The molecule has 0 unspecified atom stereocenters. The molecule has 0 atom stereocenters. The number of methoxy groups -OCH3 is 1. The summed E-state index contributed by atoms with van der Waals surface area (Å²) in [6.07, 6.45) is 0. The number of phenols is 1. The Morgan fingerprint density at radius 3 is 2.39 bits per heavy atom. The number of rotatable bonds is 2. The molecular formula is C15H14O3. The van der Waals surface area contributed by atoms with Crippen LogP contribution in [-0.2, 0) is 4.74 Å². The number of phenolic OH excluding ortho intramolecular Hbond substituents is 1. The standard InChI is InChI=1S/C15H14O3/c1-10-13(4-3-5-14(10)16)11-6-8-12(9-7-11)15(17)18-2/h3-9,16H,1-2H3. The van der Waals surface area contributed by atoms with Crippen LogP contribution in [0.1, 0.15) is 15.9 Å². The summed E-state index contributed by atoms with van der Waals surface area (Å²) in [6, 6.07) is 12.5. The quantitative estimate of drug-likeness (QED) is 0.823. The molecule has 0 aromatic heterocycles. The van der Waals surface area contributed by atoms with Crippen LogP contribution in [0.5, 0.6) is 5.75 Å². The lowest BCUT2D eigenvalue weighted by molar-refractivity contribution is 0.0601. The highest BCUT2D eigenvalue weighted by molar-refractivity contribution is 5.90. The van der Waals surface area contributed by atoms with Gasteiger partial charge in [0.1, 0.15) is 5.75 Å². The minimum absolute atomic E-state index is 0.268. The van der Waals surface area contributed by atoms with Crippen molar-refractivity contribution in [2.75, 3.05) is 7.11 Å². The number of hydrogen-bond acceptors (Lipinski definition) is 3. The second-order valence-corrected chi connectivity index (χ2v) is 4.02. The molecule has 0 aliphatic rings. The topological polar surface area (TPSA) is 46.5 Å². The van der Waals surface area contributed by atoms with Gasteiger partial charge >= 0.3 is 5.97 Å². The molecule has 2 aromatic rings. The number of esters is 1. The van der Waals surface area contributed by atoms with Gasteiger partial charge in [-0.3, -0.25) is 0 Å². The summed E-state index contributed by atoms with van der Waals surface area (Å²) in [5, 5.41) is 9.67. The van der Waals surface area contributed by atoms with Crippen LogP contribution >= 0.6 is 0 Å². The molecule has 0 aliphatic heterocycles. The maximum atomic E-state index is 11.3. The van der Waals surface area contributed by atoms with Gasteiger partial charge in [-0.15, -0.1) is 0 Å². The zero-order chi connectivity index (χ0) is 13.1. The molecule has 18 heavy (non-hydrogen) atoms. The van der Waals surface area contributed by atoms with Gasteiger partial charge in [0.15, 0.2) is 0 Å². The third-order valence-corrected chi connectivity index (χ3v) is 2.92. The first-order valence-corrected chi connectivity index (χ1v) is 5.61. The fraction of sp³-hybridized carbons (Fsp3) is 0.133. The highest BCUT2D eigenvalue weighted by Crippen LogP contribution is 2.29. The largest absolute Gasteiger partial charge is 0.508 e. The molecule has 2 aromatic carbocycles. The second kappa shape index (κ2) is 4.92. The Morgan fingerprint density at radius 1 is 1.11 bits per heavy atom. The van der Waals surface area contributed by atoms with E-state index in [-0.39, 0.29) is 11.7 Å². The molecule has 0 amide bonds. The number of aromatic hydroxyl groups is 1. The number of ether oxygens (including phenoxy) is 1. The molecule has 0 saturated heterocycles. The minimum Gasteiger partial charge on any atom is -0.508 e. The zero-order valence-corrected chi connectivity index (χ0v) is 10.3. The van der Waals surface area contributed by atoms with E-state index in [1.165, 1.54) is 7.11 Å². The van der Waals surface area contributed by atoms with E-state index in [4.69, 9.17) is 0 Å². The number of hydrogen-bond donors (Lipinski definition) is 1. The van der Waals surface area contributed by atoms with Gasteiger partial charge in [-0.1, -0.05) is 24.3 Å². The fourth-order valence-corrected chi connectivity index (χ4v) is 1.84. The normalized spacial score (nSPS) is 10.1. The van der Waals surface area contributed by atoms with Crippen molar-refractivity contribution in [2.24, 2.45) is 0 Å². The van der Waals surface area contributed by atoms with E-state index in [1.807, 2.05) is 25.1 Å². The number of carbonyl (C=O) groups excluding carboxylic acids is 1. The summed E-state index contributed by atoms with van der Waals surface area (Å²) in [5.41, 5.74) is 3.24. The SMILES string of the molecule is COC(=O)c1ccc(-c2cccc(O)c2C)cc1. The highest BCUT2D eigenvalue weighted by Gasteiger charge is 2.08. The van der Waals surface area contributed by atoms with E-state index >= 15 is 0 Å². The van der Waals surface area contributed by atoms with Crippen LogP contribution < -0.4 is 0 Å². The molecular weight excluding hydrogens is 228 g/mol. The van der Waals surface area contributed by atoms with Gasteiger partial charge in [0.25, 0.3) is 0 Å². The lowest BCUT2D eigenvalue weighted by atomic mass is 9.99. The van der Waals surface area contributed by atoms with Crippen molar-refractivity contribution in [1.29, 1.82) is 0 Å². The summed E-state index contributed by atoms with van der Waals surface area (Å²) in [4.78, 5) is 11.3. The number of carbonyl (C=O) groups is 1. The van der Waals surface area contributed by atoms with E-state index in [0.29, 0.717) is 5.56 Å². The van der Waals surface area contributed by atoms with Crippen molar-refractivity contribution >= 4 is 5.97 Å². The van der Waals surface area contributed by atoms with Gasteiger partial charge in [0.05, 0.1) is 12.7 Å². The van der Waals surface area contributed by atoms with E-state index < -0.39 is 0 Å². The zero-order valence-electron chi connectivity index (χ0n) is 10.3. The van der Waals surface area contributed by atoms with Crippen molar-refractivity contribution in [3.05, 3.63) is 53.6 Å². The van der Waals surface area contributed by atoms with Gasteiger partial charge in [0, 0.05) is 0 Å². The van der Waals surface area contributed by atoms with Crippen LogP contribution in [-0.4, -0.2) is 18.2 Å². The predicted molar refractivity (Wildman–Crippen MR) is 69.6 cm³/mol. The Bertz CT molecular complexity index is 571. The molecule has 0 fully saturated rings. The van der Waals surface area contributed by atoms with Gasteiger partial charge in [-0.25, -0.2) is 4.79 Å². The maximum absolute atomic E-state index is 11.3. The van der Waals surface area contributed by atoms with Gasteiger partial charge < -0.3 is 9.84 Å². The monoisotopic (exact) mass is 242 g/mol. The van der Waals surface area contributed by atoms with Crippen LogP contribution in [0.4, 0.5) is 0 Å². The average Bonchev–Trinajstić information content (AvgIpc) is 2.41. The van der Waals surface area contributed by atoms with Gasteiger partial charge in [-0.2, -0.15) is 0 Å². The molecule has 2 rings (SSSR count). The van der Waals surface area contributed by atoms with Crippen molar-refractivity contribution in [1.82, 2.24) is 0 Å². The smallest absolute Gasteiger partial charge is 0.337 e. The van der Waals surface area contributed by atoms with E-state index in [0.717, 1.165) is 16.7 Å². The highest BCUT2D eigenvalue weighted by atomic mass is 16.5. The Labute approximate surface area is 106 Å². The molecule has 92 valence electrons. The Morgan fingerprint density at radius 2 is 1.78 bits per heavy atom. The van der Waals surface area contributed by atoms with Crippen molar-refractivity contribution in [2.45, 2.75) is 6.92 Å². The minimum atomic E-state index is -0.353. The Kier molecular flexibility index (Phi) is 3.33. The maximum Gasteiger partial charge on any atom is 0.337 e. The summed E-state index contributed by atoms with van der Waals surface area (Å²) in [6.45, 7) is 1.86. The first-order chi connectivity index (χ1) is 8.63.